The number of hydrogen-bond donors (Lipinski definition) is 2. The molecule has 3 N–H and O–H groups in total. The molecule has 0 bridgehead atoms. The van der Waals surface area contributed by atoms with Crippen LogP contribution in [-0.4, -0.2) is 24.5 Å². The van der Waals surface area contributed by atoms with Crippen LogP contribution < -0.4 is 29.9 Å². The van der Waals surface area contributed by atoms with E-state index in [1.807, 2.05) is 0 Å². The minimum absolute atomic E-state index is 0. The van der Waals surface area contributed by atoms with Gasteiger partial charge in [-0.15, -0.1) is 0 Å². The number of nitrogen functional groups attached to an aromatic ring is 1. The third-order valence-corrected chi connectivity index (χ3v) is 6.40. The third-order valence-electron chi connectivity index (χ3n) is 4.86. The van der Waals surface area contributed by atoms with Crippen molar-refractivity contribution in [1.82, 2.24) is 0 Å². The number of aryl methyl sites for hydroxylation is 1. The summed E-state index contributed by atoms with van der Waals surface area (Å²) in [5, 5.41) is 2.85. The van der Waals surface area contributed by atoms with E-state index in [4.69, 9.17) is 5.73 Å². The van der Waals surface area contributed by atoms with E-state index in [1.165, 1.54) is 18.2 Å². The molecule has 0 saturated carbocycles. The number of ketones is 2. The molecule has 31 heavy (non-hydrogen) atoms. The van der Waals surface area contributed by atoms with E-state index in [0.717, 1.165) is 0 Å². The van der Waals surface area contributed by atoms with Gasteiger partial charge in [-0.3, -0.25) is 9.59 Å². The quantitative estimate of drug-likeness (QED) is 0.245. The van der Waals surface area contributed by atoms with Crippen molar-refractivity contribution >= 4 is 54.7 Å². The molecule has 0 aliphatic heterocycles. The van der Waals surface area contributed by atoms with Gasteiger partial charge < -0.3 is 15.6 Å². The van der Waals surface area contributed by atoms with Crippen LogP contribution in [0, 0.1) is 6.92 Å². The van der Waals surface area contributed by atoms with Crippen LogP contribution in [0.3, 0.4) is 0 Å². The van der Waals surface area contributed by atoms with Gasteiger partial charge in [0.2, 0.25) is 0 Å². The largest absolute Gasteiger partial charge is 1.00 e. The van der Waals surface area contributed by atoms with Crippen molar-refractivity contribution in [2.75, 3.05) is 11.1 Å². The Hall–Kier alpha value is -2.41. The summed E-state index contributed by atoms with van der Waals surface area (Å²) in [4.78, 5) is 25.8. The molecule has 7 nitrogen and oxygen atoms in total. The molecule has 4 rings (SSSR count). The Morgan fingerprint density at radius 3 is 2.10 bits per heavy atom. The fourth-order valence-electron chi connectivity index (χ4n) is 3.47. The first kappa shape index (κ1) is 23.3. The van der Waals surface area contributed by atoms with Gasteiger partial charge in [0.05, 0.1) is 33.1 Å². The monoisotopic (exact) mass is 492 g/mol. The number of anilines is 3. The SMILES string of the molecule is Cc1ccc(Nc2cc(Br)c(N)c3c2C(=O)c2ccccc2C3=O)c(S(=O)(=O)[O-])c1.[Li+]. The first-order valence-electron chi connectivity index (χ1n) is 8.73. The summed E-state index contributed by atoms with van der Waals surface area (Å²) in [6.45, 7) is 1.65. The number of nitrogens with two attached hydrogens (primary N) is 1. The van der Waals surface area contributed by atoms with Crippen molar-refractivity contribution in [2.45, 2.75) is 11.8 Å². The fourth-order valence-corrected chi connectivity index (χ4v) is 4.61. The predicted octanol–water partition coefficient (Wildman–Crippen LogP) is 0.767. The van der Waals surface area contributed by atoms with Crippen LogP contribution in [0.2, 0.25) is 0 Å². The van der Waals surface area contributed by atoms with Crippen LogP contribution in [0.25, 0.3) is 0 Å². The van der Waals surface area contributed by atoms with E-state index in [2.05, 4.69) is 21.2 Å². The molecule has 1 aliphatic rings. The summed E-state index contributed by atoms with van der Waals surface area (Å²) in [6, 6.07) is 12.2. The van der Waals surface area contributed by atoms with Crippen LogP contribution in [-0.2, 0) is 10.1 Å². The number of carbonyl (C=O) groups excluding carboxylic acids is 2. The first-order chi connectivity index (χ1) is 14.1. The number of nitrogens with one attached hydrogen (secondary N) is 1. The Labute approximate surface area is 199 Å². The van der Waals surface area contributed by atoms with Crippen molar-refractivity contribution in [3.63, 3.8) is 0 Å². The van der Waals surface area contributed by atoms with Gasteiger partial charge in [-0.1, -0.05) is 30.3 Å². The van der Waals surface area contributed by atoms with E-state index in [1.54, 1.807) is 37.3 Å². The topological polar surface area (TPSA) is 129 Å². The molecule has 0 aromatic heterocycles. The maximum Gasteiger partial charge on any atom is 1.00 e. The molecule has 10 heteroatoms. The minimum Gasteiger partial charge on any atom is -0.744 e. The molecule has 152 valence electrons. The summed E-state index contributed by atoms with van der Waals surface area (Å²) in [7, 11) is -4.79. The van der Waals surface area contributed by atoms with Crippen molar-refractivity contribution in [3.8, 4) is 0 Å². The molecule has 0 radical (unpaired) electrons. The molecule has 0 atom stereocenters. The van der Waals surface area contributed by atoms with Crippen molar-refractivity contribution < 1.29 is 41.4 Å². The van der Waals surface area contributed by atoms with Gasteiger partial charge in [0.25, 0.3) is 0 Å². The smallest absolute Gasteiger partial charge is 0.744 e. The molecule has 1 aliphatic carbocycles. The van der Waals surface area contributed by atoms with Crippen LogP contribution in [0.1, 0.15) is 37.4 Å². The molecule has 0 amide bonds. The number of fused-ring (bicyclic) bond motifs is 2. The van der Waals surface area contributed by atoms with E-state index < -0.39 is 26.6 Å². The van der Waals surface area contributed by atoms with Gasteiger partial charge >= 0.3 is 18.9 Å². The van der Waals surface area contributed by atoms with Gasteiger partial charge in [-0.2, -0.15) is 0 Å². The van der Waals surface area contributed by atoms with Gasteiger partial charge in [-0.25, -0.2) is 8.42 Å². The Morgan fingerprint density at radius 2 is 1.52 bits per heavy atom. The number of benzene rings is 3. The van der Waals surface area contributed by atoms with E-state index >= 15 is 0 Å². The Balaban J connectivity index is 0.00000272. The molecule has 0 spiro atoms. The average Bonchev–Trinajstić information content (AvgIpc) is 2.69. The second-order valence-electron chi connectivity index (χ2n) is 6.85. The third kappa shape index (κ3) is 3.95. The summed E-state index contributed by atoms with van der Waals surface area (Å²) in [6.07, 6.45) is 0. The second kappa shape index (κ2) is 8.26. The first-order valence-corrected chi connectivity index (χ1v) is 10.9. The minimum atomic E-state index is -4.79. The van der Waals surface area contributed by atoms with Crippen LogP contribution >= 0.6 is 15.9 Å². The standard InChI is InChI=1S/C21H15BrN2O5S.Li/c1-10-6-7-14(16(8-10)30(27,28)29)24-15-9-13(22)19(23)18-17(15)20(25)11-4-2-3-5-12(11)21(18)26;/h2-9,24H,23H2,1H3,(H,27,28,29);/q;+1/p-1. The predicted molar refractivity (Wildman–Crippen MR) is 114 cm³/mol. The van der Waals surface area contributed by atoms with Crippen molar-refractivity contribution in [1.29, 1.82) is 0 Å². The molecule has 0 fully saturated rings. The number of halogens is 1. The Kier molecular flexibility index (Phi) is 6.20. The van der Waals surface area contributed by atoms with Crippen LogP contribution in [0.4, 0.5) is 17.1 Å². The van der Waals surface area contributed by atoms with Gasteiger partial charge in [0, 0.05) is 15.6 Å². The number of rotatable bonds is 3. The summed E-state index contributed by atoms with van der Waals surface area (Å²) in [5.41, 5.74) is 7.44. The molecule has 0 heterocycles. The normalized spacial score (nSPS) is 12.6. The van der Waals surface area contributed by atoms with Crippen LogP contribution in [0.5, 0.6) is 0 Å². The summed E-state index contributed by atoms with van der Waals surface area (Å²) >= 11 is 3.29. The van der Waals surface area contributed by atoms with Gasteiger partial charge in [0.15, 0.2) is 11.6 Å². The summed E-state index contributed by atoms with van der Waals surface area (Å²) < 4.78 is 35.6. The zero-order chi connectivity index (χ0) is 21.8. The Morgan fingerprint density at radius 1 is 0.935 bits per heavy atom. The van der Waals surface area contributed by atoms with E-state index in [-0.39, 0.29) is 58.2 Å². The fraction of sp³-hybridized carbons (Fsp3) is 0.0476. The maximum atomic E-state index is 13.2. The van der Waals surface area contributed by atoms with Crippen molar-refractivity contribution in [2.24, 2.45) is 0 Å². The molecular formula is C21H14BrLiN2O5S. The van der Waals surface area contributed by atoms with E-state index in [0.29, 0.717) is 10.0 Å². The maximum absolute atomic E-state index is 13.2. The Bertz CT molecular complexity index is 1370. The van der Waals surface area contributed by atoms with Gasteiger partial charge in [-0.05, 0) is 46.6 Å². The number of carbonyl (C=O) groups is 2. The zero-order valence-corrected chi connectivity index (χ0v) is 18.9. The second-order valence-corrected chi connectivity index (χ2v) is 9.05. The molecule has 0 unspecified atom stereocenters. The zero-order valence-electron chi connectivity index (χ0n) is 16.5. The molecule has 3 aromatic carbocycles. The van der Waals surface area contributed by atoms with Crippen molar-refractivity contribution in [3.05, 3.63) is 80.8 Å². The van der Waals surface area contributed by atoms with Gasteiger partial charge in [0.1, 0.15) is 10.1 Å². The molecule has 3 aromatic rings. The molecule has 0 saturated heterocycles. The molecular weight excluding hydrogens is 479 g/mol. The van der Waals surface area contributed by atoms with Crippen LogP contribution in [0.15, 0.2) is 57.9 Å². The van der Waals surface area contributed by atoms with E-state index in [9.17, 15) is 22.6 Å². The summed E-state index contributed by atoms with van der Waals surface area (Å²) in [5.74, 6) is -0.844. The number of hydrogen-bond acceptors (Lipinski definition) is 7. The average molecular weight is 493 g/mol.